The molecule has 0 aliphatic heterocycles. The fraction of sp³-hybridized carbons (Fsp3) is 0.615. The molecule has 2 heterocycles. The molecule has 7 heteroatoms. The highest BCUT2D eigenvalue weighted by Crippen LogP contribution is 2.21. The highest BCUT2D eigenvalue weighted by atomic mass is 35.5. The molecular weight excluding hydrogens is 280 g/mol. The van der Waals surface area contributed by atoms with Gasteiger partial charge in [-0.2, -0.15) is 5.10 Å². The molecule has 110 valence electrons. The molecule has 0 radical (unpaired) electrons. The third kappa shape index (κ3) is 2.65. The Morgan fingerprint density at radius 3 is 2.75 bits per heavy atom. The molecule has 2 aromatic heterocycles. The van der Waals surface area contributed by atoms with Crippen molar-refractivity contribution in [3.63, 3.8) is 0 Å². The molecule has 2 rings (SSSR count). The maximum atomic E-state index is 11.7. The van der Waals surface area contributed by atoms with Crippen LogP contribution in [0.5, 0.6) is 0 Å². The van der Waals surface area contributed by atoms with Crippen molar-refractivity contribution in [1.29, 1.82) is 0 Å². The predicted octanol–water partition coefficient (Wildman–Crippen LogP) is 2.02. The first-order valence-electron chi connectivity index (χ1n) is 6.74. The van der Waals surface area contributed by atoms with Crippen LogP contribution < -0.4 is 0 Å². The Labute approximate surface area is 122 Å². The highest BCUT2D eigenvalue weighted by Gasteiger charge is 2.20. The van der Waals surface area contributed by atoms with Crippen LogP contribution in [0.2, 0.25) is 0 Å². The number of carbonyl (C=O) groups excluding carboxylic acids is 1. The normalized spacial score (nSPS) is 11.2. The molecule has 0 aliphatic carbocycles. The van der Waals surface area contributed by atoms with E-state index in [1.807, 2.05) is 7.05 Å². The molecule has 0 N–H and O–H groups in total. The van der Waals surface area contributed by atoms with Gasteiger partial charge in [-0.05, 0) is 13.3 Å². The van der Waals surface area contributed by atoms with Crippen molar-refractivity contribution < 1.29 is 9.53 Å². The number of fused-ring (bicyclic) bond motifs is 1. The molecule has 2 aromatic rings. The minimum atomic E-state index is -0.295. The summed E-state index contributed by atoms with van der Waals surface area (Å²) in [7, 11) is 1.85. The number of nitrogens with zero attached hydrogens (tertiary/aromatic N) is 4. The average Bonchev–Trinajstić information content (AvgIpc) is 2.90. The van der Waals surface area contributed by atoms with Crippen molar-refractivity contribution >= 4 is 28.7 Å². The molecule has 0 atom stereocenters. The number of aryl methyl sites for hydroxylation is 2. The van der Waals surface area contributed by atoms with Crippen LogP contribution in [0.3, 0.4) is 0 Å². The van der Waals surface area contributed by atoms with Crippen LogP contribution in [0.1, 0.15) is 31.8 Å². The minimum Gasteiger partial charge on any atom is -0.465 e. The van der Waals surface area contributed by atoms with Gasteiger partial charge in [0.1, 0.15) is 17.9 Å². The summed E-state index contributed by atoms with van der Waals surface area (Å²) in [6, 6.07) is 0. The van der Waals surface area contributed by atoms with E-state index >= 15 is 0 Å². The summed E-state index contributed by atoms with van der Waals surface area (Å²) in [6.45, 7) is 4.35. The van der Waals surface area contributed by atoms with Gasteiger partial charge in [0, 0.05) is 7.05 Å². The second-order valence-electron chi connectivity index (χ2n) is 4.55. The molecule has 0 bridgehead atoms. The monoisotopic (exact) mass is 298 g/mol. The molecule has 20 heavy (non-hydrogen) atoms. The van der Waals surface area contributed by atoms with Crippen LogP contribution in [-0.2, 0) is 35.4 Å². The van der Waals surface area contributed by atoms with Crippen LogP contribution in [0.4, 0.5) is 0 Å². The van der Waals surface area contributed by atoms with E-state index in [4.69, 9.17) is 16.3 Å². The zero-order chi connectivity index (χ0) is 14.7. The van der Waals surface area contributed by atoms with Crippen molar-refractivity contribution in [1.82, 2.24) is 19.3 Å². The number of esters is 1. The molecule has 0 spiro atoms. The summed E-state index contributed by atoms with van der Waals surface area (Å²) in [6.07, 6.45) is 1.85. The lowest BCUT2D eigenvalue weighted by Gasteiger charge is -2.07. The minimum absolute atomic E-state index is 0.109. The van der Waals surface area contributed by atoms with Gasteiger partial charge in [-0.1, -0.05) is 13.3 Å². The van der Waals surface area contributed by atoms with Crippen molar-refractivity contribution in [2.45, 2.75) is 39.1 Å². The molecule has 0 aromatic carbocycles. The number of aromatic nitrogens is 4. The first kappa shape index (κ1) is 14.8. The van der Waals surface area contributed by atoms with E-state index < -0.39 is 0 Å². The van der Waals surface area contributed by atoms with Gasteiger partial charge in [0.2, 0.25) is 0 Å². The van der Waals surface area contributed by atoms with Gasteiger partial charge in [0.25, 0.3) is 0 Å². The summed E-state index contributed by atoms with van der Waals surface area (Å²) in [5, 5.41) is 4.47. The first-order chi connectivity index (χ1) is 9.62. The fourth-order valence-electron chi connectivity index (χ4n) is 2.30. The zero-order valence-corrected chi connectivity index (χ0v) is 12.8. The lowest BCUT2D eigenvalue weighted by molar-refractivity contribution is -0.143. The van der Waals surface area contributed by atoms with E-state index in [1.165, 1.54) is 0 Å². The van der Waals surface area contributed by atoms with Crippen molar-refractivity contribution in [3.05, 3.63) is 11.5 Å². The van der Waals surface area contributed by atoms with E-state index in [0.29, 0.717) is 12.4 Å². The number of alkyl halides is 1. The number of halogens is 1. The number of hydrogen-bond donors (Lipinski definition) is 0. The lowest BCUT2D eigenvalue weighted by atomic mass is 10.2. The smallest absolute Gasteiger partial charge is 0.326 e. The molecule has 0 saturated heterocycles. The van der Waals surface area contributed by atoms with E-state index in [0.717, 1.165) is 29.7 Å². The number of rotatable bonds is 6. The van der Waals surface area contributed by atoms with Gasteiger partial charge >= 0.3 is 5.97 Å². The van der Waals surface area contributed by atoms with Gasteiger partial charge in [-0.25, -0.2) is 4.98 Å². The molecule has 6 nitrogen and oxygen atoms in total. The SMILES string of the molecule is CCCc1nn(C)c2c1nc(CCl)n2CC(=O)OCC. The number of ether oxygens (including phenoxy) is 1. The average molecular weight is 299 g/mol. The van der Waals surface area contributed by atoms with E-state index in [-0.39, 0.29) is 18.4 Å². The van der Waals surface area contributed by atoms with Gasteiger partial charge in [0.05, 0.1) is 18.2 Å². The summed E-state index contributed by atoms with van der Waals surface area (Å²) in [5.41, 5.74) is 2.59. The van der Waals surface area contributed by atoms with Crippen molar-refractivity contribution in [3.8, 4) is 0 Å². The first-order valence-corrected chi connectivity index (χ1v) is 7.28. The van der Waals surface area contributed by atoms with E-state index in [9.17, 15) is 4.79 Å². The van der Waals surface area contributed by atoms with Crippen LogP contribution in [-0.4, -0.2) is 31.9 Å². The Kier molecular flexibility index (Phi) is 4.65. The summed E-state index contributed by atoms with van der Waals surface area (Å²) >= 11 is 5.94. The fourth-order valence-corrected chi connectivity index (χ4v) is 2.50. The van der Waals surface area contributed by atoms with E-state index in [1.54, 1.807) is 16.2 Å². The van der Waals surface area contributed by atoms with Crippen LogP contribution in [0, 0.1) is 0 Å². The lowest BCUT2D eigenvalue weighted by Crippen LogP contribution is -2.16. The largest absolute Gasteiger partial charge is 0.465 e. The van der Waals surface area contributed by atoms with Crippen molar-refractivity contribution in [2.24, 2.45) is 7.05 Å². The molecule has 0 amide bonds. The quantitative estimate of drug-likeness (QED) is 0.605. The second-order valence-corrected chi connectivity index (χ2v) is 4.81. The van der Waals surface area contributed by atoms with Crippen LogP contribution in [0.15, 0.2) is 0 Å². The van der Waals surface area contributed by atoms with Gasteiger partial charge < -0.3 is 9.30 Å². The van der Waals surface area contributed by atoms with Gasteiger partial charge in [-0.15, -0.1) is 11.6 Å². The van der Waals surface area contributed by atoms with Gasteiger partial charge in [-0.3, -0.25) is 9.48 Å². The maximum absolute atomic E-state index is 11.7. The molecule has 0 unspecified atom stereocenters. The Balaban J connectivity index is 2.48. The van der Waals surface area contributed by atoms with Crippen LogP contribution in [0.25, 0.3) is 11.2 Å². The molecule has 0 aliphatic rings. The van der Waals surface area contributed by atoms with Crippen LogP contribution >= 0.6 is 11.6 Å². The molecular formula is C13H19ClN4O2. The third-order valence-corrected chi connectivity index (χ3v) is 3.31. The van der Waals surface area contributed by atoms with E-state index in [2.05, 4.69) is 17.0 Å². The Bertz CT molecular complexity index is 617. The van der Waals surface area contributed by atoms with Crippen molar-refractivity contribution in [2.75, 3.05) is 6.61 Å². The van der Waals surface area contributed by atoms with Gasteiger partial charge in [0.15, 0.2) is 5.65 Å². The maximum Gasteiger partial charge on any atom is 0.326 e. The number of hydrogen-bond acceptors (Lipinski definition) is 4. The number of carbonyl (C=O) groups is 1. The molecule has 0 fully saturated rings. The highest BCUT2D eigenvalue weighted by molar-refractivity contribution is 6.16. The topological polar surface area (TPSA) is 61.9 Å². The Morgan fingerprint density at radius 2 is 2.15 bits per heavy atom. The Morgan fingerprint density at radius 1 is 1.40 bits per heavy atom. The Hall–Kier alpha value is -1.56. The summed E-state index contributed by atoms with van der Waals surface area (Å²) < 4.78 is 8.53. The number of imidazole rings is 1. The second kappa shape index (κ2) is 6.26. The summed E-state index contributed by atoms with van der Waals surface area (Å²) in [5.74, 6) is 0.621. The standard InChI is InChI=1S/C13H19ClN4O2/c1-4-6-9-12-13(17(3)16-9)18(10(7-14)15-12)8-11(19)20-5-2/h4-8H2,1-3H3. The molecule has 0 saturated carbocycles. The predicted molar refractivity (Wildman–Crippen MR) is 76.7 cm³/mol. The summed E-state index contributed by atoms with van der Waals surface area (Å²) in [4.78, 5) is 16.2. The zero-order valence-electron chi connectivity index (χ0n) is 12.0. The third-order valence-electron chi connectivity index (χ3n) is 3.07.